The number of aromatic amines is 3. The van der Waals surface area contributed by atoms with Gasteiger partial charge in [0.2, 0.25) is 0 Å². The van der Waals surface area contributed by atoms with Crippen LogP contribution >= 0.6 is 11.3 Å². The van der Waals surface area contributed by atoms with Gasteiger partial charge in [-0.1, -0.05) is 33.8 Å². The Balaban J connectivity index is 0.000000189. The van der Waals surface area contributed by atoms with Crippen LogP contribution in [0.15, 0.2) is 121 Å². The van der Waals surface area contributed by atoms with Gasteiger partial charge in [0.05, 0.1) is 65.0 Å². The van der Waals surface area contributed by atoms with E-state index in [2.05, 4.69) is 39.7 Å². The maximum Gasteiger partial charge on any atom is 0.257 e. The zero-order chi connectivity index (χ0) is 44.7. The summed E-state index contributed by atoms with van der Waals surface area (Å²) in [5.74, 6) is 0.206. The second-order valence-corrected chi connectivity index (χ2v) is 19.8. The van der Waals surface area contributed by atoms with Crippen LogP contribution in [0.5, 0.6) is 5.88 Å². The predicted octanol–water partition coefficient (Wildman–Crippen LogP) is 8.22. The topological polar surface area (TPSA) is 197 Å². The number of H-pyrrole nitrogens is 3. The van der Waals surface area contributed by atoms with E-state index in [1.54, 1.807) is 60.3 Å². The number of thiazole rings is 1. The lowest BCUT2D eigenvalue weighted by Crippen LogP contribution is -2.29. The highest BCUT2D eigenvalue weighted by molar-refractivity contribution is 7.91. The van der Waals surface area contributed by atoms with Crippen molar-refractivity contribution >= 4 is 97.7 Å². The quantitative estimate of drug-likeness (QED) is 0.0691. The number of fused-ring (bicyclic) bond motifs is 6. The fourth-order valence-electron chi connectivity index (χ4n) is 7.33. The van der Waals surface area contributed by atoms with Gasteiger partial charge in [-0.3, -0.25) is 14.8 Å². The van der Waals surface area contributed by atoms with Gasteiger partial charge in [0.15, 0.2) is 25.6 Å². The summed E-state index contributed by atoms with van der Waals surface area (Å²) in [5.41, 5.74) is 7.15. The zero-order valence-electron chi connectivity index (χ0n) is 35.5. The average Bonchev–Trinajstić information content (AvgIpc) is 4.00. The molecule has 0 atom stereocenters. The molecule has 0 saturated heterocycles. The van der Waals surface area contributed by atoms with Crippen LogP contribution in [0.1, 0.15) is 38.8 Å². The normalized spacial score (nSPS) is 12.5. The van der Waals surface area contributed by atoms with Gasteiger partial charge in [-0.25, -0.2) is 21.8 Å². The predicted molar refractivity (Wildman–Crippen MR) is 257 cm³/mol. The second kappa shape index (κ2) is 19.6. The Kier molecular flexibility index (Phi) is 14.0. The molecule has 0 aliphatic rings. The summed E-state index contributed by atoms with van der Waals surface area (Å²) in [5, 5.41) is 13.0. The maximum absolute atomic E-state index is 12.6. The molecule has 0 radical (unpaired) electrons. The van der Waals surface area contributed by atoms with Gasteiger partial charge in [0, 0.05) is 58.9 Å². The summed E-state index contributed by atoms with van der Waals surface area (Å²) >= 11 is 1.51. The van der Waals surface area contributed by atoms with E-state index < -0.39 is 19.7 Å². The van der Waals surface area contributed by atoms with Gasteiger partial charge in [-0.05, 0) is 105 Å². The minimum atomic E-state index is -3.36. The number of nitrogens with zero attached hydrogens (tertiary/aromatic N) is 5. The van der Waals surface area contributed by atoms with Crippen LogP contribution in [0.4, 0.5) is 11.4 Å². The summed E-state index contributed by atoms with van der Waals surface area (Å²) in [6, 6.07) is 24.4. The minimum absolute atomic E-state index is 0.0373. The van der Waals surface area contributed by atoms with E-state index in [9.17, 15) is 26.7 Å². The molecule has 0 aliphatic carbocycles. The standard InChI is InChI=1S/C24H26N4O3S.C22H24N4O3S2/c1-3-28(4-2)14-15-32(30,31)18-9-7-17(8-10-18)26-16-20-23-19-6-5-13-25-21(19)11-12-22(23)27-24(20)29;1-3-26(4-2)11-12-31(28,29)16-7-5-15(6-8-16)23-13-17-20-18(25-22(17)27)9-10-19-21(20)30-14-24-19/h5-13,16,25H,3-4,14-15H2,1-2H3,(H,27,29);5-10,13-14,25,27H,3-4,11-12H2,1-2H3. The lowest BCUT2D eigenvalue weighted by molar-refractivity contribution is 0.321. The molecule has 63 heavy (non-hydrogen) atoms. The van der Waals surface area contributed by atoms with Crippen LogP contribution in [0.2, 0.25) is 0 Å². The molecular weight excluding hydrogens is 857 g/mol. The maximum atomic E-state index is 12.6. The molecule has 4 N–H and O–H groups in total. The molecule has 8 rings (SSSR count). The van der Waals surface area contributed by atoms with E-state index >= 15 is 0 Å². The number of hydrogen-bond acceptors (Lipinski definition) is 12. The van der Waals surface area contributed by atoms with E-state index in [1.807, 2.05) is 70.3 Å². The Hall–Kier alpha value is -5.98. The number of nitrogens with one attached hydrogen (secondary N) is 3. The zero-order valence-corrected chi connectivity index (χ0v) is 37.9. The third-order valence-corrected chi connectivity index (χ3v) is 15.4. The lowest BCUT2D eigenvalue weighted by atomic mass is 10.1. The van der Waals surface area contributed by atoms with Crippen molar-refractivity contribution in [3.8, 4) is 5.88 Å². The minimum Gasteiger partial charge on any atom is -0.494 e. The molecule has 0 unspecified atom stereocenters. The molecule has 0 bridgehead atoms. The van der Waals surface area contributed by atoms with Crippen molar-refractivity contribution in [2.24, 2.45) is 9.98 Å². The first-order valence-electron chi connectivity index (χ1n) is 20.7. The molecule has 8 aromatic rings. The van der Waals surface area contributed by atoms with Crippen LogP contribution in [0.25, 0.3) is 42.9 Å². The van der Waals surface area contributed by atoms with Gasteiger partial charge in [-0.15, -0.1) is 11.3 Å². The Bertz CT molecular complexity index is 3200. The highest BCUT2D eigenvalue weighted by Crippen LogP contribution is 2.34. The third-order valence-electron chi connectivity index (χ3n) is 11.1. The van der Waals surface area contributed by atoms with Gasteiger partial charge >= 0.3 is 0 Å². The van der Waals surface area contributed by atoms with Crippen molar-refractivity contribution in [1.29, 1.82) is 0 Å². The first-order valence-corrected chi connectivity index (χ1v) is 24.9. The van der Waals surface area contributed by atoms with Crippen molar-refractivity contribution in [3.05, 3.63) is 118 Å². The molecule has 14 nitrogen and oxygen atoms in total. The van der Waals surface area contributed by atoms with Crippen LogP contribution in [0, 0.1) is 0 Å². The Morgan fingerprint density at radius 1 is 0.667 bits per heavy atom. The molecule has 4 aromatic heterocycles. The van der Waals surface area contributed by atoms with E-state index in [-0.39, 0.29) is 27.8 Å². The number of pyridine rings is 1. The average molecular weight is 907 g/mol. The van der Waals surface area contributed by atoms with Crippen LogP contribution in [0.3, 0.4) is 0 Å². The third kappa shape index (κ3) is 10.1. The highest BCUT2D eigenvalue weighted by atomic mass is 32.2. The second-order valence-electron chi connectivity index (χ2n) is 14.8. The first kappa shape index (κ1) is 45.1. The van der Waals surface area contributed by atoms with E-state index in [0.717, 1.165) is 69.1 Å². The molecule has 0 spiro atoms. The fourth-order valence-corrected chi connectivity index (χ4v) is 10.8. The van der Waals surface area contributed by atoms with Crippen molar-refractivity contribution in [3.63, 3.8) is 0 Å². The smallest absolute Gasteiger partial charge is 0.257 e. The number of sulfone groups is 2. The molecule has 0 amide bonds. The first-order chi connectivity index (χ1) is 30.3. The number of aliphatic imine (C=N–C) groups is 2. The fraction of sp³-hybridized carbons (Fsp3) is 0.261. The van der Waals surface area contributed by atoms with E-state index in [0.29, 0.717) is 40.5 Å². The molecule has 328 valence electrons. The summed E-state index contributed by atoms with van der Waals surface area (Å²) in [4.78, 5) is 39.5. The van der Waals surface area contributed by atoms with E-state index in [1.165, 1.54) is 17.6 Å². The number of hydrogen-bond donors (Lipinski definition) is 4. The van der Waals surface area contributed by atoms with Gasteiger partial charge in [0.1, 0.15) is 0 Å². The summed E-state index contributed by atoms with van der Waals surface area (Å²) in [7, 11) is -6.71. The summed E-state index contributed by atoms with van der Waals surface area (Å²) in [6.45, 7) is 12.4. The number of aromatic nitrogens is 4. The molecule has 4 heterocycles. The SMILES string of the molecule is CCN(CC)CCS(=O)(=O)c1ccc(N=Cc2c(=O)[nH]c3ccc4[nH]cccc4c23)cc1.CCN(CC)CCS(=O)(=O)c1ccc(N=Cc2c(O)[nH]c3ccc4ncsc4c23)cc1. The van der Waals surface area contributed by atoms with Crippen molar-refractivity contribution in [2.75, 3.05) is 50.8 Å². The number of rotatable bonds is 16. The highest BCUT2D eigenvalue weighted by Gasteiger charge is 2.18. The Morgan fingerprint density at radius 2 is 1.19 bits per heavy atom. The largest absolute Gasteiger partial charge is 0.494 e. The Morgan fingerprint density at radius 3 is 1.76 bits per heavy atom. The van der Waals surface area contributed by atoms with Crippen molar-refractivity contribution in [1.82, 2.24) is 29.7 Å². The summed E-state index contributed by atoms with van der Waals surface area (Å²) < 4.78 is 51.4. The molecule has 4 aromatic carbocycles. The Labute approximate surface area is 369 Å². The van der Waals surface area contributed by atoms with Crippen LogP contribution in [-0.2, 0) is 19.7 Å². The number of benzene rings is 4. The van der Waals surface area contributed by atoms with Gasteiger partial charge in [-0.2, -0.15) is 0 Å². The molecule has 17 heteroatoms. The van der Waals surface area contributed by atoms with Gasteiger partial charge in [0.25, 0.3) is 5.56 Å². The van der Waals surface area contributed by atoms with Crippen LogP contribution in [-0.4, -0.2) is 115 Å². The van der Waals surface area contributed by atoms with Crippen molar-refractivity contribution < 1.29 is 21.9 Å². The van der Waals surface area contributed by atoms with Crippen LogP contribution < -0.4 is 5.56 Å². The summed E-state index contributed by atoms with van der Waals surface area (Å²) in [6.07, 6.45) is 4.97. The van der Waals surface area contributed by atoms with Crippen molar-refractivity contribution in [2.45, 2.75) is 37.5 Å². The monoisotopic (exact) mass is 906 g/mol. The lowest BCUT2D eigenvalue weighted by Gasteiger charge is -2.17. The molecule has 0 aliphatic heterocycles. The van der Waals surface area contributed by atoms with Gasteiger partial charge < -0.3 is 29.9 Å². The number of aromatic hydroxyl groups is 1. The molecule has 0 fully saturated rings. The van der Waals surface area contributed by atoms with E-state index in [4.69, 9.17) is 0 Å². The molecular formula is C46H50N8O6S3. The molecule has 0 saturated carbocycles.